The van der Waals surface area contributed by atoms with Crippen molar-refractivity contribution in [3.63, 3.8) is 0 Å². The molecule has 1 atom stereocenters. The lowest BCUT2D eigenvalue weighted by molar-refractivity contribution is 0.0745. The molecule has 5 rings (SSSR count). The van der Waals surface area contributed by atoms with Gasteiger partial charge in [-0.2, -0.15) is 0 Å². The van der Waals surface area contributed by atoms with Gasteiger partial charge in [0.2, 0.25) is 0 Å². The molecule has 1 fully saturated rings. The molecule has 3 aromatic rings. The second-order valence-corrected chi connectivity index (χ2v) is 9.51. The maximum Gasteiger partial charge on any atom is 0.254 e. The van der Waals surface area contributed by atoms with Crippen molar-refractivity contribution in [1.29, 1.82) is 0 Å². The van der Waals surface area contributed by atoms with Gasteiger partial charge in [-0.3, -0.25) is 9.59 Å². The molecule has 0 bridgehead atoms. The van der Waals surface area contributed by atoms with Crippen LogP contribution in [0.15, 0.2) is 42.6 Å². The number of likely N-dealkylation sites (tertiary alicyclic amines) is 1. The van der Waals surface area contributed by atoms with Crippen LogP contribution in [-0.4, -0.2) is 40.8 Å². The van der Waals surface area contributed by atoms with Crippen LogP contribution in [0.3, 0.4) is 0 Å². The van der Waals surface area contributed by atoms with Crippen LogP contribution in [0.2, 0.25) is 0 Å². The van der Waals surface area contributed by atoms with Crippen LogP contribution in [0, 0.1) is 13.8 Å². The molecule has 1 saturated heterocycles. The lowest BCUT2D eigenvalue weighted by Crippen LogP contribution is -2.34. The van der Waals surface area contributed by atoms with Crippen molar-refractivity contribution in [2.75, 3.05) is 18.8 Å². The maximum absolute atomic E-state index is 13.2. The van der Waals surface area contributed by atoms with E-state index in [0.717, 1.165) is 75.9 Å². The molecule has 174 valence electrons. The van der Waals surface area contributed by atoms with Gasteiger partial charge in [0.1, 0.15) is 5.82 Å². The molecular formula is C28H30N4O2. The van der Waals surface area contributed by atoms with E-state index in [9.17, 15) is 9.59 Å². The van der Waals surface area contributed by atoms with Gasteiger partial charge in [-0.05, 0) is 80.0 Å². The average molecular weight is 455 g/mol. The second kappa shape index (κ2) is 8.60. The molecule has 6 heteroatoms. The maximum atomic E-state index is 13.2. The van der Waals surface area contributed by atoms with Gasteiger partial charge in [0.05, 0.1) is 0 Å². The van der Waals surface area contributed by atoms with Crippen LogP contribution >= 0.6 is 0 Å². The van der Waals surface area contributed by atoms with Crippen LogP contribution < -0.4 is 11.1 Å². The predicted octanol–water partition coefficient (Wildman–Crippen LogP) is 4.53. The average Bonchev–Trinajstić information content (AvgIpc) is 3.24. The van der Waals surface area contributed by atoms with E-state index >= 15 is 0 Å². The third-order valence-electron chi connectivity index (χ3n) is 7.15. The summed E-state index contributed by atoms with van der Waals surface area (Å²) < 4.78 is 0. The van der Waals surface area contributed by atoms with E-state index in [0.29, 0.717) is 12.4 Å². The van der Waals surface area contributed by atoms with Crippen molar-refractivity contribution < 1.29 is 9.59 Å². The highest BCUT2D eigenvalue weighted by molar-refractivity contribution is 5.99. The second-order valence-electron chi connectivity index (χ2n) is 9.51. The van der Waals surface area contributed by atoms with Gasteiger partial charge in [0, 0.05) is 47.6 Å². The van der Waals surface area contributed by atoms with Crippen molar-refractivity contribution in [3.8, 4) is 22.3 Å². The highest BCUT2D eigenvalue weighted by Crippen LogP contribution is 2.33. The first kappa shape index (κ1) is 22.1. The van der Waals surface area contributed by atoms with Crippen molar-refractivity contribution in [1.82, 2.24) is 15.2 Å². The minimum atomic E-state index is -0.0310. The molecule has 6 nitrogen and oxygen atoms in total. The monoisotopic (exact) mass is 454 g/mol. The number of aromatic nitrogens is 1. The molecule has 0 saturated carbocycles. The molecule has 2 aliphatic heterocycles. The number of nitrogens with one attached hydrogen (secondary N) is 1. The summed E-state index contributed by atoms with van der Waals surface area (Å²) in [6, 6.07) is 12.3. The molecule has 0 spiro atoms. The Bertz CT molecular complexity index is 1290. The van der Waals surface area contributed by atoms with Crippen molar-refractivity contribution >= 4 is 17.6 Å². The summed E-state index contributed by atoms with van der Waals surface area (Å²) in [6.45, 7) is 7.60. The first-order valence-corrected chi connectivity index (χ1v) is 11.9. The van der Waals surface area contributed by atoms with Gasteiger partial charge < -0.3 is 16.0 Å². The van der Waals surface area contributed by atoms with Crippen LogP contribution in [0.1, 0.15) is 57.2 Å². The Kier molecular flexibility index (Phi) is 5.60. The zero-order valence-electron chi connectivity index (χ0n) is 19.9. The van der Waals surface area contributed by atoms with Gasteiger partial charge in [-0.25, -0.2) is 4.98 Å². The van der Waals surface area contributed by atoms with Crippen LogP contribution in [0.25, 0.3) is 22.3 Å². The zero-order valence-corrected chi connectivity index (χ0v) is 19.9. The Morgan fingerprint density at radius 1 is 1.06 bits per heavy atom. The Morgan fingerprint density at radius 3 is 2.53 bits per heavy atom. The largest absolute Gasteiger partial charge is 0.383 e. The number of anilines is 1. The van der Waals surface area contributed by atoms with Gasteiger partial charge in [-0.1, -0.05) is 24.3 Å². The minimum Gasteiger partial charge on any atom is -0.383 e. The highest BCUT2D eigenvalue weighted by Gasteiger charge is 2.28. The summed E-state index contributed by atoms with van der Waals surface area (Å²) in [5.41, 5.74) is 14.5. The number of hydrogen-bond acceptors (Lipinski definition) is 4. The summed E-state index contributed by atoms with van der Waals surface area (Å²) in [6.07, 6.45) is 4.71. The fourth-order valence-corrected chi connectivity index (χ4v) is 5.31. The quantitative estimate of drug-likeness (QED) is 0.609. The summed E-state index contributed by atoms with van der Waals surface area (Å²) in [7, 11) is 0. The number of hydrogen-bond donors (Lipinski definition) is 2. The van der Waals surface area contributed by atoms with Crippen molar-refractivity contribution in [3.05, 3.63) is 70.4 Å². The normalized spacial score (nSPS) is 17.4. The number of pyridine rings is 1. The van der Waals surface area contributed by atoms with E-state index in [4.69, 9.17) is 5.73 Å². The lowest BCUT2D eigenvalue weighted by atomic mass is 9.92. The van der Waals surface area contributed by atoms with Crippen molar-refractivity contribution in [2.45, 2.75) is 46.1 Å². The molecule has 0 unspecified atom stereocenters. The highest BCUT2D eigenvalue weighted by atomic mass is 16.2. The van der Waals surface area contributed by atoms with E-state index in [-0.39, 0.29) is 17.9 Å². The third kappa shape index (κ3) is 3.83. The molecular weight excluding hydrogens is 424 g/mol. The third-order valence-corrected chi connectivity index (χ3v) is 7.15. The van der Waals surface area contributed by atoms with E-state index in [2.05, 4.69) is 29.4 Å². The van der Waals surface area contributed by atoms with Crippen LogP contribution in [-0.2, 0) is 6.42 Å². The molecule has 34 heavy (non-hydrogen) atoms. The molecule has 2 aromatic carbocycles. The summed E-state index contributed by atoms with van der Waals surface area (Å²) in [4.78, 5) is 31.8. The number of nitrogens with zero attached hydrogens (tertiary/aromatic N) is 2. The Morgan fingerprint density at radius 2 is 1.82 bits per heavy atom. The Balaban J connectivity index is 1.51. The summed E-state index contributed by atoms with van der Waals surface area (Å²) >= 11 is 0. The first-order chi connectivity index (χ1) is 16.3. The van der Waals surface area contributed by atoms with E-state index in [1.165, 1.54) is 0 Å². The van der Waals surface area contributed by atoms with E-state index in [1.807, 2.05) is 43.0 Å². The Hall–Kier alpha value is -3.67. The molecule has 3 heterocycles. The molecule has 1 aromatic heterocycles. The molecule has 3 N–H and O–H groups in total. The van der Waals surface area contributed by atoms with E-state index in [1.54, 1.807) is 6.20 Å². The van der Waals surface area contributed by atoms with Crippen LogP contribution in [0.5, 0.6) is 0 Å². The zero-order chi connectivity index (χ0) is 24.0. The van der Waals surface area contributed by atoms with Gasteiger partial charge in [0.25, 0.3) is 11.8 Å². The number of carbonyl (C=O) groups excluding carboxylic acids is 2. The summed E-state index contributed by atoms with van der Waals surface area (Å²) in [5, 5.41) is 2.88. The standard InChI is InChI=1S/C28H30N4O2/c1-16-11-21(12-17(2)25(16)28(34)32-10-4-5-18(32)3)22-14-24(26(29)31-15-22)19-6-7-23-20(13-19)8-9-30-27(23)33/h6-7,11-15,18H,4-5,8-10H2,1-3H3,(H2,29,31)(H,30,33)/t18-/m1/s1. The molecule has 2 amide bonds. The predicted molar refractivity (Wildman–Crippen MR) is 135 cm³/mol. The van der Waals surface area contributed by atoms with Gasteiger partial charge in [-0.15, -0.1) is 0 Å². The number of nitrogens with two attached hydrogens (primary N) is 1. The Labute approximate surface area is 200 Å². The number of amides is 2. The lowest BCUT2D eigenvalue weighted by Gasteiger charge is -2.24. The topological polar surface area (TPSA) is 88.3 Å². The van der Waals surface area contributed by atoms with Crippen LogP contribution in [0.4, 0.5) is 5.82 Å². The smallest absolute Gasteiger partial charge is 0.254 e. The fourth-order valence-electron chi connectivity index (χ4n) is 5.31. The molecule has 0 radical (unpaired) electrons. The molecule has 0 aliphatic carbocycles. The number of carbonyl (C=O) groups is 2. The number of rotatable bonds is 3. The van der Waals surface area contributed by atoms with Crippen molar-refractivity contribution in [2.24, 2.45) is 0 Å². The summed E-state index contributed by atoms with van der Waals surface area (Å²) in [5.74, 6) is 0.546. The first-order valence-electron chi connectivity index (χ1n) is 11.9. The minimum absolute atomic E-state index is 0.0310. The van der Waals surface area contributed by atoms with Gasteiger partial charge >= 0.3 is 0 Å². The van der Waals surface area contributed by atoms with Gasteiger partial charge in [0.15, 0.2) is 0 Å². The van der Waals surface area contributed by atoms with E-state index < -0.39 is 0 Å². The SMILES string of the molecule is Cc1cc(-c2cnc(N)c(-c3ccc4c(c3)CCNC4=O)c2)cc(C)c1C(=O)N1CCC[C@H]1C. The number of nitrogen functional groups attached to an aromatic ring is 1. The number of aryl methyl sites for hydroxylation is 2. The number of fused-ring (bicyclic) bond motifs is 1. The fraction of sp³-hybridized carbons (Fsp3) is 0.321. The molecule has 2 aliphatic rings. The number of benzene rings is 2.